The molecule has 0 bridgehead atoms. The van der Waals surface area contributed by atoms with Gasteiger partial charge in [0.1, 0.15) is 5.76 Å². The molecule has 0 aliphatic heterocycles. The Hall–Kier alpha value is -2.06. The second kappa shape index (κ2) is 6.21. The Morgan fingerprint density at radius 2 is 1.57 bits per heavy atom. The summed E-state index contributed by atoms with van der Waals surface area (Å²) < 4.78 is 0. The third-order valence-corrected chi connectivity index (χ3v) is 4.63. The van der Waals surface area contributed by atoms with E-state index in [4.69, 9.17) is 11.6 Å². The van der Waals surface area contributed by atoms with E-state index in [0.717, 1.165) is 34.2 Å². The average molecular weight is 327 g/mol. The summed E-state index contributed by atoms with van der Waals surface area (Å²) in [6.07, 6.45) is 1.82. The van der Waals surface area contributed by atoms with Crippen molar-refractivity contribution in [3.05, 3.63) is 63.9 Å². The number of rotatable bonds is 2. The molecular formula is C20H19ClO2. The van der Waals surface area contributed by atoms with E-state index in [0.29, 0.717) is 23.4 Å². The monoisotopic (exact) mass is 326 g/mol. The van der Waals surface area contributed by atoms with Crippen LogP contribution in [-0.4, -0.2) is 10.9 Å². The number of ketones is 1. The molecule has 2 nitrogen and oxygen atoms in total. The highest BCUT2D eigenvalue weighted by atomic mass is 35.5. The minimum atomic E-state index is 0.0375. The predicted octanol–water partition coefficient (Wildman–Crippen LogP) is 5.65. The maximum atomic E-state index is 12.2. The first-order chi connectivity index (χ1) is 11.0. The van der Waals surface area contributed by atoms with Crippen LogP contribution < -0.4 is 0 Å². The summed E-state index contributed by atoms with van der Waals surface area (Å²) in [5.41, 5.74) is 5.63. The van der Waals surface area contributed by atoms with Crippen LogP contribution in [0.25, 0.3) is 16.7 Å². The number of hydrogen-bond acceptors (Lipinski definition) is 2. The van der Waals surface area contributed by atoms with Crippen LogP contribution in [0.15, 0.2) is 42.2 Å². The van der Waals surface area contributed by atoms with Crippen molar-refractivity contribution in [2.45, 2.75) is 33.1 Å². The van der Waals surface area contributed by atoms with Gasteiger partial charge in [-0.05, 0) is 60.2 Å². The summed E-state index contributed by atoms with van der Waals surface area (Å²) in [6.45, 7) is 4.01. The smallest absolute Gasteiger partial charge is 0.166 e. The van der Waals surface area contributed by atoms with E-state index < -0.39 is 0 Å². The van der Waals surface area contributed by atoms with Crippen LogP contribution in [0, 0.1) is 13.8 Å². The van der Waals surface area contributed by atoms with E-state index in [1.807, 2.05) is 44.2 Å². The summed E-state index contributed by atoms with van der Waals surface area (Å²) in [5.74, 6) is 0.262. The van der Waals surface area contributed by atoms with Crippen LogP contribution in [0.5, 0.6) is 0 Å². The van der Waals surface area contributed by atoms with Crippen molar-refractivity contribution < 1.29 is 9.90 Å². The lowest BCUT2D eigenvalue weighted by molar-refractivity contribution is -0.114. The summed E-state index contributed by atoms with van der Waals surface area (Å²) in [7, 11) is 0. The van der Waals surface area contributed by atoms with Crippen molar-refractivity contribution in [3.63, 3.8) is 0 Å². The quantitative estimate of drug-likeness (QED) is 0.774. The van der Waals surface area contributed by atoms with Gasteiger partial charge in [0.2, 0.25) is 0 Å². The van der Waals surface area contributed by atoms with Gasteiger partial charge in [0, 0.05) is 17.9 Å². The number of halogens is 1. The first kappa shape index (κ1) is 15.8. The van der Waals surface area contributed by atoms with Gasteiger partial charge in [-0.15, -0.1) is 0 Å². The van der Waals surface area contributed by atoms with Gasteiger partial charge < -0.3 is 5.11 Å². The van der Waals surface area contributed by atoms with Gasteiger partial charge in [0.15, 0.2) is 5.78 Å². The van der Waals surface area contributed by atoms with Crippen LogP contribution in [0.1, 0.15) is 36.0 Å². The molecule has 1 N–H and O–H groups in total. The van der Waals surface area contributed by atoms with Crippen molar-refractivity contribution in [2.24, 2.45) is 0 Å². The summed E-state index contributed by atoms with van der Waals surface area (Å²) >= 11 is 5.96. The zero-order valence-electron chi connectivity index (χ0n) is 13.3. The van der Waals surface area contributed by atoms with Gasteiger partial charge in [-0.25, -0.2) is 0 Å². The van der Waals surface area contributed by atoms with Crippen molar-refractivity contribution >= 4 is 23.0 Å². The molecule has 3 heteroatoms. The molecule has 0 atom stereocenters. The number of benzene rings is 2. The average Bonchev–Trinajstić information content (AvgIpc) is 2.51. The second-order valence-electron chi connectivity index (χ2n) is 6.09. The Balaban J connectivity index is 2.11. The van der Waals surface area contributed by atoms with Crippen LogP contribution >= 0.6 is 11.6 Å². The van der Waals surface area contributed by atoms with Crippen molar-refractivity contribution in [2.75, 3.05) is 0 Å². The molecule has 1 aliphatic carbocycles. The molecule has 3 rings (SSSR count). The van der Waals surface area contributed by atoms with Gasteiger partial charge in [0.05, 0.1) is 5.57 Å². The molecule has 0 fully saturated rings. The maximum absolute atomic E-state index is 12.2. The van der Waals surface area contributed by atoms with E-state index in [1.54, 1.807) is 0 Å². The fourth-order valence-corrected chi connectivity index (χ4v) is 3.28. The van der Waals surface area contributed by atoms with Crippen LogP contribution in [-0.2, 0) is 4.79 Å². The zero-order valence-corrected chi connectivity index (χ0v) is 14.1. The molecule has 0 aromatic heterocycles. The Morgan fingerprint density at radius 3 is 2.22 bits per heavy atom. The SMILES string of the molecule is Cc1cc(-c2ccc(Cl)cc2)c(C)cc1C1=C(O)CCCC1=O. The van der Waals surface area contributed by atoms with Gasteiger partial charge in [-0.1, -0.05) is 35.9 Å². The topological polar surface area (TPSA) is 37.3 Å². The molecule has 0 saturated heterocycles. The van der Waals surface area contributed by atoms with Crippen LogP contribution in [0.3, 0.4) is 0 Å². The van der Waals surface area contributed by atoms with Crippen molar-refractivity contribution in [1.82, 2.24) is 0 Å². The van der Waals surface area contributed by atoms with Crippen molar-refractivity contribution in [3.8, 4) is 11.1 Å². The van der Waals surface area contributed by atoms with E-state index in [9.17, 15) is 9.90 Å². The highest BCUT2D eigenvalue weighted by Crippen LogP contribution is 2.34. The first-order valence-electron chi connectivity index (χ1n) is 7.80. The summed E-state index contributed by atoms with van der Waals surface area (Å²) in [5, 5.41) is 10.9. The Morgan fingerprint density at radius 1 is 0.957 bits per heavy atom. The van der Waals surface area contributed by atoms with E-state index in [-0.39, 0.29) is 11.5 Å². The number of carbonyl (C=O) groups is 1. The summed E-state index contributed by atoms with van der Waals surface area (Å²) in [4.78, 5) is 12.2. The standard InChI is InChI=1S/C20H19ClO2/c1-12-11-17(20-18(22)4-3-5-19(20)23)13(2)10-16(12)14-6-8-15(21)9-7-14/h6-11,22H,3-5H2,1-2H3. The second-order valence-corrected chi connectivity index (χ2v) is 6.52. The van der Waals surface area contributed by atoms with Gasteiger partial charge in [-0.3, -0.25) is 4.79 Å². The van der Waals surface area contributed by atoms with Gasteiger partial charge >= 0.3 is 0 Å². The lowest BCUT2D eigenvalue weighted by Crippen LogP contribution is -2.12. The minimum Gasteiger partial charge on any atom is -0.512 e. The number of carbonyl (C=O) groups excluding carboxylic acids is 1. The molecule has 0 saturated carbocycles. The third-order valence-electron chi connectivity index (χ3n) is 4.38. The number of allylic oxidation sites excluding steroid dienone is 2. The highest BCUT2D eigenvalue weighted by molar-refractivity contribution is 6.30. The van der Waals surface area contributed by atoms with Crippen molar-refractivity contribution in [1.29, 1.82) is 0 Å². The van der Waals surface area contributed by atoms with Crippen LogP contribution in [0.4, 0.5) is 0 Å². The fraction of sp³-hybridized carbons (Fsp3) is 0.250. The minimum absolute atomic E-state index is 0.0375. The molecule has 23 heavy (non-hydrogen) atoms. The predicted molar refractivity (Wildman–Crippen MR) is 94.8 cm³/mol. The zero-order chi connectivity index (χ0) is 16.6. The molecule has 0 spiro atoms. The Labute approximate surface area is 141 Å². The van der Waals surface area contributed by atoms with E-state index in [1.165, 1.54) is 0 Å². The fourth-order valence-electron chi connectivity index (χ4n) is 3.16. The normalized spacial score (nSPS) is 15.2. The molecule has 118 valence electrons. The van der Waals surface area contributed by atoms with Gasteiger partial charge in [0.25, 0.3) is 0 Å². The molecule has 0 unspecified atom stereocenters. The molecule has 0 heterocycles. The molecule has 0 radical (unpaired) electrons. The number of aliphatic hydroxyl groups excluding tert-OH is 1. The highest BCUT2D eigenvalue weighted by Gasteiger charge is 2.23. The summed E-state index contributed by atoms with van der Waals surface area (Å²) in [6, 6.07) is 11.8. The van der Waals surface area contributed by atoms with E-state index >= 15 is 0 Å². The van der Waals surface area contributed by atoms with Crippen LogP contribution in [0.2, 0.25) is 5.02 Å². The van der Waals surface area contributed by atoms with Gasteiger partial charge in [-0.2, -0.15) is 0 Å². The maximum Gasteiger partial charge on any atom is 0.166 e. The lowest BCUT2D eigenvalue weighted by Gasteiger charge is -2.19. The molecular weight excluding hydrogens is 308 g/mol. The first-order valence-corrected chi connectivity index (χ1v) is 8.18. The number of aryl methyl sites for hydroxylation is 2. The molecule has 2 aromatic rings. The number of Topliss-reactive ketones (excluding diaryl/α,β-unsaturated/α-hetero) is 1. The largest absolute Gasteiger partial charge is 0.512 e. The third kappa shape index (κ3) is 3.04. The lowest BCUT2D eigenvalue weighted by atomic mass is 9.86. The Bertz CT molecular complexity index is 801. The Kier molecular flexibility index (Phi) is 4.27. The van der Waals surface area contributed by atoms with E-state index in [2.05, 4.69) is 6.07 Å². The molecule has 2 aromatic carbocycles. The number of aliphatic hydroxyl groups is 1. The number of hydrogen-bond donors (Lipinski definition) is 1. The molecule has 0 amide bonds. The molecule has 1 aliphatic rings.